The van der Waals surface area contributed by atoms with Crippen LogP contribution in [0, 0.1) is 35.5 Å². The van der Waals surface area contributed by atoms with Crippen LogP contribution in [0.1, 0.15) is 87.0 Å². The average molecular weight is 449 g/mol. The summed E-state index contributed by atoms with van der Waals surface area (Å²) in [4.78, 5) is 10.8. The third-order valence-corrected chi connectivity index (χ3v) is 8.66. The van der Waals surface area contributed by atoms with E-state index in [1.807, 2.05) is 0 Å². The van der Waals surface area contributed by atoms with Gasteiger partial charge in [0.25, 0.3) is 0 Å². The van der Waals surface area contributed by atoms with Gasteiger partial charge in [-0.05, 0) is 101 Å². The van der Waals surface area contributed by atoms with Crippen LogP contribution >= 0.6 is 0 Å². The molecule has 0 radical (unpaired) electrons. The summed E-state index contributed by atoms with van der Waals surface area (Å²) < 4.78 is 6.15. The van der Waals surface area contributed by atoms with Gasteiger partial charge in [0.05, 0.1) is 23.5 Å². The minimum Gasteiger partial charge on any atom is -0.418 e. The smallest absolute Gasteiger partial charge is 0.183 e. The van der Waals surface area contributed by atoms with E-state index in [-0.39, 0.29) is 0 Å². The maximum Gasteiger partial charge on any atom is 0.183 e. The molecule has 2 rings (SSSR count). The first-order valence-electron chi connectivity index (χ1n) is 13.1. The Bertz CT molecular complexity index is 599. The lowest BCUT2D eigenvalue weighted by Crippen LogP contribution is -2.35. The molecule has 180 valence electrons. The Labute approximate surface area is 195 Å². The first kappa shape index (κ1) is 26.8. The molecule has 0 heterocycles. The molecule has 2 aliphatic rings. The summed E-state index contributed by atoms with van der Waals surface area (Å²) in [5, 5.41) is 0. The number of hydrogen-bond donors (Lipinski definition) is 0. The summed E-state index contributed by atoms with van der Waals surface area (Å²) in [6, 6.07) is 0.886. The molecule has 2 fully saturated rings. The van der Waals surface area contributed by atoms with Gasteiger partial charge in [-0.15, -0.1) is 0 Å². The van der Waals surface area contributed by atoms with Gasteiger partial charge < -0.3 is 4.43 Å². The maximum absolute atomic E-state index is 6.15. The van der Waals surface area contributed by atoms with Crippen molar-refractivity contribution in [2.45, 2.75) is 119 Å². The molecule has 31 heavy (non-hydrogen) atoms. The van der Waals surface area contributed by atoms with Gasteiger partial charge in [0, 0.05) is 6.61 Å². The number of aliphatic imine (C=N–C) groups is 2. The lowest BCUT2D eigenvalue weighted by molar-refractivity contribution is 0.196. The first-order valence-corrected chi connectivity index (χ1v) is 16.5. The second-order valence-electron chi connectivity index (χ2n) is 12.4. The van der Waals surface area contributed by atoms with Crippen molar-refractivity contribution >= 4 is 19.7 Å². The second kappa shape index (κ2) is 11.6. The molecule has 2 saturated carbocycles. The van der Waals surface area contributed by atoms with E-state index in [0.29, 0.717) is 35.8 Å². The molecule has 0 saturated heterocycles. The zero-order valence-corrected chi connectivity index (χ0v) is 23.4. The Balaban J connectivity index is 2.21. The number of hydrogen-bond acceptors (Lipinski definition) is 3. The van der Waals surface area contributed by atoms with Crippen molar-refractivity contribution in [2.75, 3.05) is 6.61 Å². The van der Waals surface area contributed by atoms with Crippen LogP contribution in [0.3, 0.4) is 0 Å². The zero-order valence-electron chi connectivity index (χ0n) is 22.4. The number of nitrogens with zero attached hydrogens (tertiary/aromatic N) is 2. The van der Waals surface area contributed by atoms with Crippen molar-refractivity contribution in [1.82, 2.24) is 0 Å². The SMILES string of the molecule is CC(=NC1C(C)CC(C)CC1C)C(CCCO[Si](C)(C)C)=NC1C(C)CC(C)CC1C. The van der Waals surface area contributed by atoms with E-state index in [2.05, 4.69) is 68.1 Å². The highest BCUT2D eigenvalue weighted by Crippen LogP contribution is 2.36. The standard InChI is InChI=1S/C27H52N2OSi/c1-18-14-20(3)26(21(4)15-18)28-24(7)25(12-11-13-30-31(8,9)10)29-27-22(5)16-19(2)17-23(27)6/h18-23,26-27H,11-17H2,1-10H3. The van der Waals surface area contributed by atoms with Crippen LogP contribution in [0.4, 0.5) is 0 Å². The van der Waals surface area contributed by atoms with Gasteiger partial charge in [0.15, 0.2) is 8.32 Å². The summed E-state index contributed by atoms with van der Waals surface area (Å²) in [5.41, 5.74) is 2.46. The quantitative estimate of drug-likeness (QED) is 0.213. The number of rotatable bonds is 8. The van der Waals surface area contributed by atoms with Gasteiger partial charge in [-0.1, -0.05) is 41.5 Å². The summed E-state index contributed by atoms with van der Waals surface area (Å²) in [7, 11) is -1.46. The van der Waals surface area contributed by atoms with Crippen LogP contribution in [0.2, 0.25) is 19.6 Å². The molecule has 0 aliphatic heterocycles. The predicted octanol–water partition coefficient (Wildman–Crippen LogP) is 7.66. The summed E-state index contributed by atoms with van der Waals surface area (Å²) in [6.45, 7) is 24.3. The fourth-order valence-corrected chi connectivity index (χ4v) is 7.11. The van der Waals surface area contributed by atoms with Gasteiger partial charge in [-0.3, -0.25) is 9.98 Å². The molecule has 0 aromatic carbocycles. The monoisotopic (exact) mass is 448 g/mol. The largest absolute Gasteiger partial charge is 0.418 e. The Hall–Kier alpha value is -0.483. The van der Waals surface area contributed by atoms with Gasteiger partial charge >= 0.3 is 0 Å². The lowest BCUT2D eigenvalue weighted by Gasteiger charge is -2.37. The summed E-state index contributed by atoms with van der Waals surface area (Å²) in [5.74, 6) is 4.30. The molecular weight excluding hydrogens is 396 g/mol. The Morgan fingerprint density at radius 2 is 1.16 bits per heavy atom. The van der Waals surface area contributed by atoms with E-state index in [9.17, 15) is 0 Å². The Morgan fingerprint density at radius 1 is 0.742 bits per heavy atom. The minimum atomic E-state index is -1.46. The third-order valence-electron chi connectivity index (χ3n) is 7.59. The molecule has 4 heteroatoms. The Morgan fingerprint density at radius 3 is 1.58 bits per heavy atom. The van der Waals surface area contributed by atoms with Crippen molar-refractivity contribution in [3.05, 3.63) is 0 Å². The van der Waals surface area contributed by atoms with Crippen LogP contribution in [0.25, 0.3) is 0 Å². The molecular formula is C27H52N2OSi. The molecule has 0 N–H and O–H groups in total. The lowest BCUT2D eigenvalue weighted by atomic mass is 9.73. The molecule has 4 atom stereocenters. The predicted molar refractivity (Wildman–Crippen MR) is 140 cm³/mol. The highest BCUT2D eigenvalue weighted by molar-refractivity contribution is 6.69. The summed E-state index contributed by atoms with van der Waals surface area (Å²) >= 11 is 0. The van der Waals surface area contributed by atoms with Gasteiger partial charge in [0.2, 0.25) is 0 Å². The molecule has 0 amide bonds. The molecule has 2 aliphatic carbocycles. The fourth-order valence-electron chi connectivity index (χ4n) is 6.35. The van der Waals surface area contributed by atoms with E-state index in [1.165, 1.54) is 37.1 Å². The van der Waals surface area contributed by atoms with Crippen LogP contribution in [-0.2, 0) is 4.43 Å². The van der Waals surface area contributed by atoms with Crippen molar-refractivity contribution in [2.24, 2.45) is 45.5 Å². The van der Waals surface area contributed by atoms with Crippen molar-refractivity contribution < 1.29 is 4.43 Å². The van der Waals surface area contributed by atoms with E-state index in [0.717, 1.165) is 31.3 Å². The van der Waals surface area contributed by atoms with Crippen molar-refractivity contribution in [1.29, 1.82) is 0 Å². The van der Waals surface area contributed by atoms with Gasteiger partial charge in [-0.25, -0.2) is 0 Å². The summed E-state index contributed by atoms with van der Waals surface area (Å²) in [6.07, 6.45) is 7.25. The van der Waals surface area contributed by atoms with Gasteiger partial charge in [0.1, 0.15) is 0 Å². The molecule has 0 aromatic heterocycles. The van der Waals surface area contributed by atoms with Crippen molar-refractivity contribution in [3.8, 4) is 0 Å². The maximum atomic E-state index is 6.15. The minimum absolute atomic E-state index is 0.440. The van der Waals surface area contributed by atoms with E-state index in [4.69, 9.17) is 14.4 Å². The topological polar surface area (TPSA) is 34.0 Å². The van der Waals surface area contributed by atoms with E-state index in [1.54, 1.807) is 0 Å². The first-order chi connectivity index (χ1) is 14.4. The molecule has 4 unspecified atom stereocenters. The molecule has 0 bridgehead atoms. The zero-order chi connectivity index (χ0) is 23.3. The average Bonchev–Trinajstić information content (AvgIpc) is 2.61. The normalized spacial score (nSPS) is 38.4. The Kier molecular flexibility index (Phi) is 10.0. The molecule has 0 aromatic rings. The third kappa shape index (κ3) is 8.42. The highest BCUT2D eigenvalue weighted by atomic mass is 28.4. The van der Waals surface area contributed by atoms with Crippen LogP contribution in [-0.4, -0.2) is 38.4 Å². The van der Waals surface area contributed by atoms with Gasteiger partial charge in [-0.2, -0.15) is 0 Å². The van der Waals surface area contributed by atoms with E-state index < -0.39 is 8.32 Å². The molecule has 3 nitrogen and oxygen atoms in total. The van der Waals surface area contributed by atoms with Crippen LogP contribution in [0.15, 0.2) is 9.98 Å². The van der Waals surface area contributed by atoms with E-state index >= 15 is 0 Å². The van der Waals surface area contributed by atoms with Crippen LogP contribution in [0.5, 0.6) is 0 Å². The molecule has 0 spiro atoms. The second-order valence-corrected chi connectivity index (χ2v) is 16.9. The fraction of sp³-hybridized carbons (Fsp3) is 0.926. The highest BCUT2D eigenvalue weighted by Gasteiger charge is 2.33. The van der Waals surface area contributed by atoms with Crippen LogP contribution < -0.4 is 0 Å². The van der Waals surface area contributed by atoms with Crippen molar-refractivity contribution in [3.63, 3.8) is 0 Å².